The number of aliphatic hydroxyl groups excluding tert-OH is 1. The van der Waals surface area contributed by atoms with Crippen LogP contribution in [-0.2, 0) is 10.0 Å². The molecule has 0 aliphatic heterocycles. The van der Waals surface area contributed by atoms with Crippen molar-refractivity contribution in [2.45, 2.75) is 4.90 Å². The second-order valence-corrected chi connectivity index (χ2v) is 8.37. The molecule has 3 N–H and O–H groups in total. The van der Waals surface area contributed by atoms with E-state index in [1.54, 1.807) is 0 Å². The van der Waals surface area contributed by atoms with Crippen LogP contribution in [0.4, 0.5) is 17.1 Å². The summed E-state index contributed by atoms with van der Waals surface area (Å²) in [7, 11) is -4.09. The summed E-state index contributed by atoms with van der Waals surface area (Å²) in [5, 5.41) is 22.5. The Hall–Kier alpha value is -1.59. The molecule has 2 rings (SSSR count). The molecule has 0 radical (unpaired) electrons. The predicted octanol–water partition coefficient (Wildman–Crippen LogP) is 3.17. The van der Waals surface area contributed by atoms with E-state index in [4.69, 9.17) is 28.3 Å². The maximum Gasteiger partial charge on any atom is 0.271 e. The van der Waals surface area contributed by atoms with E-state index in [0.717, 1.165) is 17.4 Å². The molecule has 0 aliphatic rings. The minimum atomic E-state index is -4.09. The first-order valence-corrected chi connectivity index (χ1v) is 9.41. The monoisotopic (exact) mass is 411 g/mol. The molecule has 1 heterocycles. The minimum absolute atomic E-state index is 0.0252. The van der Waals surface area contributed by atoms with Gasteiger partial charge in [0.25, 0.3) is 15.7 Å². The van der Waals surface area contributed by atoms with Crippen molar-refractivity contribution < 1.29 is 18.4 Å². The van der Waals surface area contributed by atoms with E-state index in [1.165, 1.54) is 18.2 Å². The second-order valence-electron chi connectivity index (χ2n) is 4.43. The summed E-state index contributed by atoms with van der Waals surface area (Å²) in [6.45, 7) is -0.0628. The fraction of sp³-hybridized carbons (Fsp3) is 0.167. The Morgan fingerprint density at radius 3 is 2.50 bits per heavy atom. The Morgan fingerprint density at radius 1 is 1.25 bits per heavy atom. The quantitative estimate of drug-likeness (QED) is 0.474. The van der Waals surface area contributed by atoms with Gasteiger partial charge >= 0.3 is 0 Å². The van der Waals surface area contributed by atoms with E-state index < -0.39 is 14.9 Å². The zero-order valence-electron chi connectivity index (χ0n) is 11.8. The van der Waals surface area contributed by atoms with E-state index in [2.05, 4.69) is 10.0 Å². The number of benzene rings is 1. The molecule has 1 aromatic heterocycles. The van der Waals surface area contributed by atoms with Crippen LogP contribution in [0.3, 0.4) is 0 Å². The lowest BCUT2D eigenvalue weighted by atomic mass is 10.2. The van der Waals surface area contributed by atoms with Crippen LogP contribution in [0.25, 0.3) is 0 Å². The summed E-state index contributed by atoms with van der Waals surface area (Å²) < 4.78 is 27.3. The lowest BCUT2D eigenvalue weighted by Crippen LogP contribution is -2.15. The summed E-state index contributed by atoms with van der Waals surface area (Å²) in [6.07, 6.45) is 0. The fourth-order valence-electron chi connectivity index (χ4n) is 1.78. The van der Waals surface area contributed by atoms with Gasteiger partial charge in [0.1, 0.15) is 9.23 Å². The highest BCUT2D eigenvalue weighted by atomic mass is 35.5. The van der Waals surface area contributed by atoms with Gasteiger partial charge in [-0.15, -0.1) is 11.3 Å². The van der Waals surface area contributed by atoms with E-state index in [1.807, 2.05) is 0 Å². The van der Waals surface area contributed by atoms with Gasteiger partial charge in [-0.3, -0.25) is 14.8 Å². The normalized spacial score (nSPS) is 11.3. The molecule has 0 spiro atoms. The predicted molar refractivity (Wildman–Crippen MR) is 93.8 cm³/mol. The molecule has 0 bridgehead atoms. The summed E-state index contributed by atoms with van der Waals surface area (Å²) in [4.78, 5) is 10.0. The number of thiophene rings is 1. The Labute approximate surface area is 151 Å². The van der Waals surface area contributed by atoms with Gasteiger partial charge in [-0.25, -0.2) is 8.42 Å². The molecule has 0 saturated carbocycles. The highest BCUT2D eigenvalue weighted by Crippen LogP contribution is 2.36. The van der Waals surface area contributed by atoms with Gasteiger partial charge in [-0.2, -0.15) is 0 Å². The minimum Gasteiger partial charge on any atom is -0.395 e. The van der Waals surface area contributed by atoms with Crippen LogP contribution in [0, 0.1) is 10.1 Å². The molecule has 2 aromatic rings. The number of nitrogens with zero attached hydrogens (tertiary/aromatic N) is 1. The Morgan fingerprint density at radius 2 is 1.96 bits per heavy atom. The number of rotatable bonds is 7. The number of nitro benzene ring substituents is 1. The van der Waals surface area contributed by atoms with Crippen LogP contribution in [0.1, 0.15) is 0 Å². The number of nitro groups is 1. The molecular formula is C12H11Cl2N3O5S2. The number of non-ortho nitro benzene ring substituents is 1. The first-order valence-electron chi connectivity index (χ1n) is 6.35. The fourth-order valence-corrected chi connectivity index (χ4v) is 5.00. The number of nitrogens with one attached hydrogen (secondary N) is 2. The average molecular weight is 412 g/mol. The van der Waals surface area contributed by atoms with E-state index in [0.29, 0.717) is 0 Å². The first kappa shape index (κ1) is 18.7. The third-order valence-electron chi connectivity index (χ3n) is 2.80. The smallest absolute Gasteiger partial charge is 0.271 e. The Kier molecular flexibility index (Phi) is 5.88. The number of hydrogen-bond acceptors (Lipinski definition) is 7. The zero-order chi connectivity index (χ0) is 17.9. The van der Waals surface area contributed by atoms with Crippen molar-refractivity contribution in [3.8, 4) is 0 Å². The van der Waals surface area contributed by atoms with Crippen LogP contribution in [0.5, 0.6) is 0 Å². The summed E-state index contributed by atoms with van der Waals surface area (Å²) in [5.41, 5.74) is -0.0663. The standard InChI is InChI=1S/C12H11Cl2N3O5S2/c13-11-6-10(12(14)23-11)24(21,22)16-9-5-7(17(19)20)1-2-8(9)15-3-4-18/h1-2,5-6,15-16,18H,3-4H2. The van der Waals surface area contributed by atoms with Gasteiger partial charge < -0.3 is 10.4 Å². The van der Waals surface area contributed by atoms with Gasteiger partial charge in [0.15, 0.2) is 0 Å². The van der Waals surface area contributed by atoms with Gasteiger partial charge in [0.2, 0.25) is 0 Å². The molecule has 0 saturated heterocycles. The van der Waals surface area contributed by atoms with Gasteiger partial charge in [0.05, 0.1) is 27.2 Å². The van der Waals surface area contributed by atoms with Crippen LogP contribution in [0.15, 0.2) is 29.2 Å². The van der Waals surface area contributed by atoms with Crippen LogP contribution < -0.4 is 10.0 Å². The Bertz CT molecular complexity index is 870. The average Bonchev–Trinajstić information content (AvgIpc) is 2.85. The van der Waals surface area contributed by atoms with Crippen molar-refractivity contribution in [3.05, 3.63) is 43.1 Å². The zero-order valence-corrected chi connectivity index (χ0v) is 15.0. The van der Waals surface area contributed by atoms with Crippen molar-refractivity contribution in [2.24, 2.45) is 0 Å². The molecule has 0 aliphatic carbocycles. The van der Waals surface area contributed by atoms with Gasteiger partial charge in [0, 0.05) is 18.7 Å². The molecule has 12 heteroatoms. The van der Waals surface area contributed by atoms with E-state index in [-0.39, 0.29) is 43.8 Å². The molecule has 8 nitrogen and oxygen atoms in total. The van der Waals surface area contributed by atoms with Gasteiger partial charge in [-0.05, 0) is 12.1 Å². The highest BCUT2D eigenvalue weighted by Gasteiger charge is 2.23. The SMILES string of the molecule is O=[N+]([O-])c1ccc(NCCO)c(NS(=O)(=O)c2cc(Cl)sc2Cl)c1. The Balaban J connectivity index is 2.43. The summed E-state index contributed by atoms with van der Waals surface area (Å²) in [6, 6.07) is 4.81. The molecule has 0 fully saturated rings. The topological polar surface area (TPSA) is 122 Å². The number of halogens is 2. The molecule has 1 aromatic carbocycles. The molecule has 24 heavy (non-hydrogen) atoms. The highest BCUT2D eigenvalue weighted by molar-refractivity contribution is 7.93. The maximum atomic E-state index is 12.4. The summed E-state index contributed by atoms with van der Waals surface area (Å²) >= 11 is 12.5. The third-order valence-corrected chi connectivity index (χ3v) is 5.92. The molecule has 130 valence electrons. The van der Waals surface area contributed by atoms with E-state index >= 15 is 0 Å². The van der Waals surface area contributed by atoms with Crippen LogP contribution >= 0.6 is 34.5 Å². The second kappa shape index (κ2) is 7.53. The van der Waals surface area contributed by atoms with E-state index in [9.17, 15) is 18.5 Å². The number of aliphatic hydroxyl groups is 1. The summed E-state index contributed by atoms with van der Waals surface area (Å²) in [5.74, 6) is 0. The first-order chi connectivity index (χ1) is 11.2. The lowest BCUT2D eigenvalue weighted by Gasteiger charge is -2.13. The number of sulfonamides is 1. The number of hydrogen-bond donors (Lipinski definition) is 3. The van der Waals surface area contributed by atoms with Crippen molar-refractivity contribution in [1.82, 2.24) is 0 Å². The third kappa shape index (κ3) is 4.28. The number of anilines is 2. The largest absolute Gasteiger partial charge is 0.395 e. The van der Waals surface area contributed by atoms with Crippen molar-refractivity contribution in [3.63, 3.8) is 0 Å². The van der Waals surface area contributed by atoms with Crippen molar-refractivity contribution >= 4 is 61.6 Å². The molecule has 0 atom stereocenters. The molecule has 0 unspecified atom stereocenters. The van der Waals surface area contributed by atoms with Gasteiger partial charge in [-0.1, -0.05) is 23.2 Å². The van der Waals surface area contributed by atoms with Crippen molar-refractivity contribution in [2.75, 3.05) is 23.2 Å². The molecule has 0 amide bonds. The van der Waals surface area contributed by atoms with Crippen LogP contribution in [0.2, 0.25) is 8.67 Å². The maximum absolute atomic E-state index is 12.4. The van der Waals surface area contributed by atoms with Crippen molar-refractivity contribution in [1.29, 1.82) is 0 Å². The lowest BCUT2D eigenvalue weighted by molar-refractivity contribution is -0.384. The molecular weight excluding hydrogens is 401 g/mol. The van der Waals surface area contributed by atoms with Crippen LogP contribution in [-0.4, -0.2) is 31.6 Å².